The number of rotatable bonds is 3. The maximum atomic E-state index is 10.4. The lowest BCUT2D eigenvalue weighted by atomic mass is 10.3. The minimum Gasteiger partial charge on any atom is -0.304 e. The summed E-state index contributed by atoms with van der Waals surface area (Å²) in [5.41, 5.74) is 0.871. The molecule has 0 saturated heterocycles. The molecule has 0 atom stereocenters. The van der Waals surface area contributed by atoms with Crippen molar-refractivity contribution in [3.05, 3.63) is 28.7 Å². The Bertz CT molecular complexity index is 258. The van der Waals surface area contributed by atoms with Gasteiger partial charge in [-0.1, -0.05) is 15.9 Å². The van der Waals surface area contributed by atoms with Crippen molar-refractivity contribution in [2.24, 2.45) is 0 Å². The molecule has 1 aromatic carbocycles. The van der Waals surface area contributed by atoms with Crippen LogP contribution in [0.2, 0.25) is 0 Å². The second kappa shape index (κ2) is 4.26. The highest BCUT2D eigenvalue weighted by Crippen LogP contribution is 2.16. The van der Waals surface area contributed by atoms with E-state index in [1.54, 1.807) is 0 Å². The molecule has 0 heterocycles. The quantitative estimate of drug-likeness (QED) is 0.725. The largest absolute Gasteiger partial charge is 0.316 e. The molecule has 0 N–H and O–H groups in total. The van der Waals surface area contributed by atoms with Crippen molar-refractivity contribution >= 4 is 28.0 Å². The number of halogens is 1. The van der Waals surface area contributed by atoms with E-state index in [1.165, 1.54) is 4.90 Å². The fourth-order valence-corrected chi connectivity index (χ4v) is 1.19. The molecule has 0 aliphatic carbocycles. The van der Waals surface area contributed by atoms with Gasteiger partial charge in [-0.05, 0) is 31.2 Å². The van der Waals surface area contributed by atoms with Gasteiger partial charge in [0.25, 0.3) is 0 Å². The summed E-state index contributed by atoms with van der Waals surface area (Å²) in [5.74, 6) is 0. The van der Waals surface area contributed by atoms with E-state index in [1.807, 2.05) is 37.6 Å². The molecule has 2 nitrogen and oxygen atoms in total. The Morgan fingerprint density at radius 3 is 2.42 bits per heavy atom. The summed E-state index contributed by atoms with van der Waals surface area (Å²) in [6.07, 6.45) is 1.86. The third kappa shape index (κ3) is 2.08. The Labute approximate surface area is 80.3 Å². The van der Waals surface area contributed by atoms with Gasteiger partial charge in [0.2, 0.25) is 0 Å². The van der Waals surface area contributed by atoms with Gasteiger partial charge in [-0.25, -0.2) is 0 Å². The van der Waals surface area contributed by atoms with E-state index in [-0.39, 0.29) is 0 Å². The van der Waals surface area contributed by atoms with Crippen LogP contribution >= 0.6 is 15.9 Å². The molecule has 12 heavy (non-hydrogen) atoms. The van der Waals surface area contributed by atoms with Crippen molar-refractivity contribution in [3.63, 3.8) is 0 Å². The average molecular weight is 227 g/mol. The molecule has 0 saturated carbocycles. The molecule has 1 rings (SSSR count). The highest BCUT2D eigenvalue weighted by Gasteiger charge is 2.01. The van der Waals surface area contributed by atoms with E-state index in [2.05, 4.69) is 15.9 Å². The topological polar surface area (TPSA) is 20.3 Å². The van der Waals surface area contributed by atoms with Gasteiger partial charge in [0.1, 0.15) is 0 Å². The first-order valence-corrected chi connectivity index (χ1v) is 4.48. The maximum Gasteiger partial charge on any atom is 0.316 e. The molecule has 0 bridgehead atoms. The number of benzene rings is 1. The molecule has 0 aliphatic rings. The highest BCUT2D eigenvalue weighted by molar-refractivity contribution is 9.10. The number of anilines is 1. The van der Waals surface area contributed by atoms with Crippen LogP contribution in [0.4, 0.5) is 5.69 Å². The molecule has 1 amide bonds. The van der Waals surface area contributed by atoms with Gasteiger partial charge in [0.15, 0.2) is 0 Å². The molecular formula is C9H9BrNO. The first-order valence-electron chi connectivity index (χ1n) is 3.69. The van der Waals surface area contributed by atoms with E-state index >= 15 is 0 Å². The Morgan fingerprint density at radius 1 is 1.42 bits per heavy atom. The van der Waals surface area contributed by atoms with Crippen molar-refractivity contribution in [1.82, 2.24) is 0 Å². The SMILES string of the molecule is CCN([C]=O)c1ccc(Br)cc1. The van der Waals surface area contributed by atoms with Crippen molar-refractivity contribution in [3.8, 4) is 0 Å². The van der Waals surface area contributed by atoms with Crippen LogP contribution in [0.15, 0.2) is 28.7 Å². The minimum absolute atomic E-state index is 0.644. The Balaban J connectivity index is 2.87. The smallest absolute Gasteiger partial charge is 0.304 e. The molecule has 0 aliphatic heterocycles. The van der Waals surface area contributed by atoms with E-state index < -0.39 is 0 Å². The summed E-state index contributed by atoms with van der Waals surface area (Å²) >= 11 is 3.32. The summed E-state index contributed by atoms with van der Waals surface area (Å²) in [6, 6.07) is 7.54. The fourth-order valence-electron chi connectivity index (χ4n) is 0.921. The molecule has 0 aromatic heterocycles. The lowest BCUT2D eigenvalue weighted by Crippen LogP contribution is -2.19. The fraction of sp³-hybridized carbons (Fsp3) is 0.222. The standard InChI is InChI=1S/C9H9BrNO/c1-2-11(7-12)9-5-3-8(10)4-6-9/h3-6H,2H2,1H3. The van der Waals surface area contributed by atoms with Crippen LogP contribution in [-0.2, 0) is 4.79 Å². The van der Waals surface area contributed by atoms with Crippen LogP contribution in [0, 0.1) is 0 Å². The number of amides is 1. The van der Waals surface area contributed by atoms with Crippen molar-refractivity contribution in [1.29, 1.82) is 0 Å². The average Bonchev–Trinajstić information content (AvgIpc) is 2.10. The Morgan fingerprint density at radius 2 is 2.00 bits per heavy atom. The van der Waals surface area contributed by atoms with E-state index in [0.717, 1.165) is 10.2 Å². The monoisotopic (exact) mass is 226 g/mol. The van der Waals surface area contributed by atoms with E-state index in [0.29, 0.717) is 6.54 Å². The van der Waals surface area contributed by atoms with Crippen molar-refractivity contribution in [2.45, 2.75) is 6.92 Å². The lowest BCUT2D eigenvalue weighted by molar-refractivity contribution is 0.552. The zero-order valence-electron chi connectivity index (χ0n) is 6.75. The maximum absolute atomic E-state index is 10.4. The van der Waals surface area contributed by atoms with Crippen molar-refractivity contribution in [2.75, 3.05) is 11.4 Å². The number of carbonyl (C=O) groups excluding carboxylic acids is 1. The molecule has 1 radical (unpaired) electrons. The first kappa shape index (κ1) is 9.26. The summed E-state index contributed by atoms with van der Waals surface area (Å²) < 4.78 is 1.01. The van der Waals surface area contributed by atoms with Gasteiger partial charge in [-0.15, -0.1) is 0 Å². The number of nitrogens with zero attached hydrogens (tertiary/aromatic N) is 1. The normalized spacial score (nSPS) is 9.50. The van der Waals surface area contributed by atoms with Crippen LogP contribution in [0.3, 0.4) is 0 Å². The predicted molar refractivity (Wildman–Crippen MR) is 52.9 cm³/mol. The van der Waals surface area contributed by atoms with Gasteiger partial charge in [0.05, 0.1) is 0 Å². The second-order valence-corrected chi connectivity index (χ2v) is 3.23. The van der Waals surface area contributed by atoms with Crippen LogP contribution < -0.4 is 4.90 Å². The highest BCUT2D eigenvalue weighted by atomic mass is 79.9. The predicted octanol–water partition coefficient (Wildman–Crippen LogP) is 2.34. The zero-order valence-corrected chi connectivity index (χ0v) is 8.34. The third-order valence-electron chi connectivity index (χ3n) is 1.56. The van der Waals surface area contributed by atoms with Crippen LogP contribution in [0.25, 0.3) is 0 Å². The molecular weight excluding hydrogens is 218 g/mol. The Hall–Kier alpha value is -0.830. The zero-order chi connectivity index (χ0) is 8.97. The van der Waals surface area contributed by atoms with Gasteiger partial charge >= 0.3 is 6.41 Å². The van der Waals surface area contributed by atoms with Crippen LogP contribution in [0.5, 0.6) is 0 Å². The second-order valence-electron chi connectivity index (χ2n) is 2.31. The van der Waals surface area contributed by atoms with Gasteiger partial charge < -0.3 is 4.90 Å². The summed E-state index contributed by atoms with van der Waals surface area (Å²) in [5, 5.41) is 0. The molecule has 1 aromatic rings. The Kier molecular flexibility index (Phi) is 3.29. The third-order valence-corrected chi connectivity index (χ3v) is 2.09. The van der Waals surface area contributed by atoms with Gasteiger partial charge in [-0.2, -0.15) is 0 Å². The molecule has 0 fully saturated rings. The molecule has 0 spiro atoms. The summed E-state index contributed by atoms with van der Waals surface area (Å²) in [6.45, 7) is 2.55. The van der Waals surface area contributed by atoms with E-state index in [9.17, 15) is 4.79 Å². The molecule has 63 valence electrons. The van der Waals surface area contributed by atoms with Gasteiger partial charge in [0, 0.05) is 16.7 Å². The van der Waals surface area contributed by atoms with Gasteiger partial charge in [-0.3, -0.25) is 4.79 Å². The number of hydrogen-bond acceptors (Lipinski definition) is 1. The summed E-state index contributed by atoms with van der Waals surface area (Å²) in [7, 11) is 0. The lowest BCUT2D eigenvalue weighted by Gasteiger charge is -2.12. The van der Waals surface area contributed by atoms with Crippen LogP contribution in [-0.4, -0.2) is 13.0 Å². The van der Waals surface area contributed by atoms with Crippen LogP contribution in [0.1, 0.15) is 6.92 Å². The van der Waals surface area contributed by atoms with Crippen molar-refractivity contribution < 1.29 is 4.79 Å². The van der Waals surface area contributed by atoms with E-state index in [4.69, 9.17) is 0 Å². The minimum atomic E-state index is 0.644. The molecule has 3 heteroatoms. The number of hydrogen-bond donors (Lipinski definition) is 0. The summed E-state index contributed by atoms with van der Waals surface area (Å²) in [4.78, 5) is 11.9. The molecule has 0 unspecified atom stereocenters. The first-order chi connectivity index (χ1) is 5.77.